The molecule has 0 atom stereocenters. The van der Waals surface area contributed by atoms with E-state index < -0.39 is 0 Å². The SMILES string of the molecule is Cc1ccc(CN2C(=O)C(=Cc3c(NC4CCCCC4)nc4c(C)cccn4c3=O)SC2=S)cc1. The summed E-state index contributed by atoms with van der Waals surface area (Å²) in [5, 5.41) is 3.53. The van der Waals surface area contributed by atoms with E-state index in [2.05, 4.69) is 5.32 Å². The van der Waals surface area contributed by atoms with Crippen molar-refractivity contribution in [2.24, 2.45) is 0 Å². The number of hydrogen-bond acceptors (Lipinski definition) is 6. The van der Waals surface area contributed by atoms with Crippen LogP contribution in [0.1, 0.15) is 54.4 Å². The first-order chi connectivity index (χ1) is 16.9. The zero-order chi connectivity index (χ0) is 24.5. The van der Waals surface area contributed by atoms with Crippen LogP contribution in [-0.4, -0.2) is 30.6 Å². The molecule has 3 heterocycles. The van der Waals surface area contributed by atoms with E-state index in [1.807, 2.05) is 50.2 Å². The third-order valence-electron chi connectivity index (χ3n) is 6.64. The lowest BCUT2D eigenvalue weighted by Gasteiger charge is -2.24. The summed E-state index contributed by atoms with van der Waals surface area (Å²) in [6.07, 6.45) is 9.06. The van der Waals surface area contributed by atoms with E-state index in [9.17, 15) is 9.59 Å². The van der Waals surface area contributed by atoms with E-state index >= 15 is 0 Å². The number of thiocarbonyl (C=S) groups is 1. The van der Waals surface area contributed by atoms with Gasteiger partial charge in [-0.3, -0.25) is 18.9 Å². The average Bonchev–Trinajstić information content (AvgIpc) is 3.11. The molecule has 2 aromatic heterocycles. The Kier molecular flexibility index (Phi) is 6.75. The number of aromatic nitrogens is 2. The monoisotopic (exact) mass is 504 g/mol. The quantitative estimate of drug-likeness (QED) is 0.368. The summed E-state index contributed by atoms with van der Waals surface area (Å²) in [6.45, 7) is 4.38. The number of carbonyl (C=O) groups excluding carboxylic acids is 1. The number of anilines is 1. The van der Waals surface area contributed by atoms with Crippen LogP contribution in [0.25, 0.3) is 11.7 Å². The smallest absolute Gasteiger partial charge is 0.267 e. The summed E-state index contributed by atoms with van der Waals surface area (Å²) in [6, 6.07) is 12.1. The summed E-state index contributed by atoms with van der Waals surface area (Å²) < 4.78 is 2.05. The molecule has 0 spiro atoms. The van der Waals surface area contributed by atoms with Gasteiger partial charge in [0, 0.05) is 12.2 Å². The first kappa shape index (κ1) is 23.8. The van der Waals surface area contributed by atoms with Crippen molar-refractivity contribution in [3.63, 3.8) is 0 Å². The van der Waals surface area contributed by atoms with Crippen molar-refractivity contribution in [3.8, 4) is 0 Å². The van der Waals surface area contributed by atoms with Gasteiger partial charge in [-0.25, -0.2) is 4.98 Å². The van der Waals surface area contributed by atoms with E-state index in [0.29, 0.717) is 32.8 Å². The van der Waals surface area contributed by atoms with Crippen molar-refractivity contribution in [1.29, 1.82) is 0 Å². The molecular formula is C27H28N4O2S2. The van der Waals surface area contributed by atoms with Gasteiger partial charge in [0.2, 0.25) is 0 Å². The van der Waals surface area contributed by atoms with Gasteiger partial charge in [-0.15, -0.1) is 0 Å². The highest BCUT2D eigenvalue weighted by molar-refractivity contribution is 8.26. The summed E-state index contributed by atoms with van der Waals surface area (Å²) in [4.78, 5) is 33.8. The molecule has 1 amide bonds. The number of benzene rings is 1. The molecule has 35 heavy (non-hydrogen) atoms. The Bertz CT molecular complexity index is 1390. The highest BCUT2D eigenvalue weighted by Gasteiger charge is 2.33. The Morgan fingerprint density at radius 3 is 2.60 bits per heavy atom. The van der Waals surface area contributed by atoms with E-state index in [1.54, 1.807) is 21.6 Å². The van der Waals surface area contributed by atoms with Crippen LogP contribution in [0.5, 0.6) is 0 Å². The molecule has 0 unspecified atom stereocenters. The molecule has 1 aromatic carbocycles. The van der Waals surface area contributed by atoms with Crippen molar-refractivity contribution in [3.05, 3.63) is 80.1 Å². The third-order valence-corrected chi connectivity index (χ3v) is 8.02. The Labute approximate surface area is 214 Å². The van der Waals surface area contributed by atoms with Crippen LogP contribution in [-0.2, 0) is 11.3 Å². The number of carbonyl (C=O) groups is 1. The second kappa shape index (κ2) is 9.95. The van der Waals surface area contributed by atoms with Gasteiger partial charge < -0.3 is 5.32 Å². The molecule has 2 fully saturated rings. The number of aryl methyl sites for hydroxylation is 2. The Balaban J connectivity index is 1.53. The maximum atomic E-state index is 13.6. The first-order valence-corrected chi connectivity index (χ1v) is 13.2. The molecule has 1 aliphatic heterocycles. The molecule has 3 aromatic rings. The number of nitrogens with zero attached hydrogens (tertiary/aromatic N) is 3. The number of amides is 1. The maximum absolute atomic E-state index is 13.6. The van der Waals surface area contributed by atoms with Crippen molar-refractivity contribution >= 4 is 51.7 Å². The highest BCUT2D eigenvalue weighted by Crippen LogP contribution is 2.34. The molecule has 8 heteroatoms. The maximum Gasteiger partial charge on any atom is 0.267 e. The van der Waals surface area contributed by atoms with Crippen LogP contribution in [0.4, 0.5) is 5.82 Å². The summed E-state index contributed by atoms with van der Waals surface area (Å²) in [5.74, 6) is 0.359. The van der Waals surface area contributed by atoms with E-state index in [0.717, 1.165) is 42.4 Å². The normalized spacial score (nSPS) is 18.1. The van der Waals surface area contributed by atoms with Gasteiger partial charge in [0.25, 0.3) is 11.5 Å². The fourth-order valence-corrected chi connectivity index (χ4v) is 5.87. The Hall–Kier alpha value is -2.97. The number of nitrogens with one attached hydrogen (secondary N) is 1. The molecule has 1 saturated carbocycles. The van der Waals surface area contributed by atoms with Crippen molar-refractivity contribution in [2.75, 3.05) is 5.32 Å². The van der Waals surface area contributed by atoms with E-state index in [1.165, 1.54) is 18.2 Å². The Morgan fingerprint density at radius 1 is 1.11 bits per heavy atom. The molecule has 2 aliphatic rings. The lowest BCUT2D eigenvalue weighted by Crippen LogP contribution is -2.28. The van der Waals surface area contributed by atoms with Crippen molar-refractivity contribution < 1.29 is 4.79 Å². The minimum atomic E-state index is -0.194. The van der Waals surface area contributed by atoms with Crippen LogP contribution in [0.15, 0.2) is 52.3 Å². The van der Waals surface area contributed by atoms with Crippen LogP contribution >= 0.6 is 24.0 Å². The fourth-order valence-electron chi connectivity index (χ4n) is 4.64. The fraction of sp³-hybridized carbons (Fsp3) is 0.333. The minimum absolute atomic E-state index is 0.182. The van der Waals surface area contributed by atoms with E-state index in [-0.39, 0.29) is 17.5 Å². The zero-order valence-corrected chi connectivity index (χ0v) is 21.5. The predicted molar refractivity (Wildman–Crippen MR) is 147 cm³/mol. The molecule has 5 rings (SSSR count). The highest BCUT2D eigenvalue weighted by atomic mass is 32.2. The number of fused-ring (bicyclic) bond motifs is 1. The summed E-state index contributed by atoms with van der Waals surface area (Å²) in [7, 11) is 0. The van der Waals surface area contributed by atoms with Crippen molar-refractivity contribution in [2.45, 2.75) is 58.5 Å². The molecule has 0 bridgehead atoms. The van der Waals surface area contributed by atoms with Gasteiger partial charge in [-0.05, 0) is 50.0 Å². The standard InChI is InChI=1S/C27H28N4O2S2/c1-17-10-12-19(13-11-17)16-31-26(33)22(35-27(31)34)15-21-23(28-20-8-4-3-5-9-20)29-24-18(2)7-6-14-30(24)25(21)32/h6-7,10-15,20,28H,3-5,8-9,16H2,1-2H3. The molecule has 6 nitrogen and oxygen atoms in total. The largest absolute Gasteiger partial charge is 0.367 e. The minimum Gasteiger partial charge on any atom is -0.367 e. The van der Waals surface area contributed by atoms with Crippen LogP contribution in [0.2, 0.25) is 0 Å². The summed E-state index contributed by atoms with van der Waals surface area (Å²) >= 11 is 6.78. The summed E-state index contributed by atoms with van der Waals surface area (Å²) in [5.41, 5.74) is 3.93. The average molecular weight is 505 g/mol. The third kappa shape index (κ3) is 4.90. The van der Waals surface area contributed by atoms with Crippen LogP contribution in [0, 0.1) is 13.8 Å². The van der Waals surface area contributed by atoms with E-state index in [4.69, 9.17) is 17.2 Å². The van der Waals surface area contributed by atoms with Crippen LogP contribution in [0.3, 0.4) is 0 Å². The topological polar surface area (TPSA) is 66.7 Å². The van der Waals surface area contributed by atoms with Gasteiger partial charge in [0.05, 0.1) is 17.0 Å². The first-order valence-electron chi connectivity index (χ1n) is 12.0. The van der Waals surface area contributed by atoms with Crippen molar-refractivity contribution in [1.82, 2.24) is 14.3 Å². The lowest BCUT2D eigenvalue weighted by atomic mass is 9.95. The molecule has 1 N–H and O–H groups in total. The number of rotatable bonds is 5. The molecular weight excluding hydrogens is 476 g/mol. The predicted octanol–water partition coefficient (Wildman–Crippen LogP) is 5.46. The zero-order valence-electron chi connectivity index (χ0n) is 19.9. The van der Waals surface area contributed by atoms with Gasteiger partial charge >= 0.3 is 0 Å². The molecule has 1 saturated heterocycles. The number of pyridine rings is 1. The van der Waals surface area contributed by atoms with Gasteiger partial charge in [-0.2, -0.15) is 0 Å². The second-order valence-corrected chi connectivity index (χ2v) is 11.0. The second-order valence-electron chi connectivity index (χ2n) is 9.30. The van der Waals surface area contributed by atoms with Gasteiger partial charge in [-0.1, -0.05) is 79.1 Å². The lowest BCUT2D eigenvalue weighted by molar-refractivity contribution is -0.122. The van der Waals surface area contributed by atoms with Crippen LogP contribution < -0.4 is 10.9 Å². The number of thioether (sulfide) groups is 1. The Morgan fingerprint density at radius 2 is 1.86 bits per heavy atom. The number of hydrogen-bond donors (Lipinski definition) is 1. The van der Waals surface area contributed by atoms with Gasteiger partial charge in [0.15, 0.2) is 0 Å². The molecule has 180 valence electrons. The van der Waals surface area contributed by atoms with Gasteiger partial charge in [0.1, 0.15) is 15.8 Å². The molecule has 1 aliphatic carbocycles. The molecule has 0 radical (unpaired) electrons.